The van der Waals surface area contributed by atoms with Gasteiger partial charge >= 0.3 is 0 Å². The highest BCUT2D eigenvalue weighted by Crippen LogP contribution is 2.63. The summed E-state index contributed by atoms with van der Waals surface area (Å²) in [6, 6.07) is 51.5. The van der Waals surface area contributed by atoms with Crippen LogP contribution >= 0.6 is 11.8 Å². The lowest BCUT2D eigenvalue weighted by Crippen LogP contribution is -2.32. The maximum absolute atomic E-state index is 14.3. The highest BCUT2D eigenvalue weighted by Gasteiger charge is 2.50. The van der Waals surface area contributed by atoms with E-state index in [-0.39, 0.29) is 5.82 Å². The zero-order chi connectivity index (χ0) is 29.0. The van der Waals surface area contributed by atoms with Gasteiger partial charge in [0.25, 0.3) is 0 Å². The average Bonchev–Trinajstić information content (AvgIpc) is 3.57. The molecule has 0 bridgehead atoms. The fourth-order valence-corrected chi connectivity index (χ4v) is 9.36. The molecule has 0 saturated carbocycles. The van der Waals surface area contributed by atoms with Crippen molar-refractivity contribution in [1.82, 2.24) is 4.57 Å². The molecule has 1 nitrogen and oxygen atoms in total. The van der Waals surface area contributed by atoms with Crippen LogP contribution in [0.15, 0.2) is 155 Å². The molecule has 2 heterocycles. The minimum absolute atomic E-state index is 0.233. The summed E-state index contributed by atoms with van der Waals surface area (Å²) in [7, 11) is 0. The SMILES string of the molecule is Fc1ccc(-n2c3ccc4ccccc4c3c3ccc4c(c32)Sc2ccccc2C42c3ccccc3-c3ccccc32)cc1. The molecule has 0 N–H and O–H groups in total. The van der Waals surface area contributed by atoms with Crippen LogP contribution in [-0.4, -0.2) is 4.57 Å². The first kappa shape index (κ1) is 24.3. The fraction of sp³-hybridized carbons (Fsp3) is 0.0244. The van der Waals surface area contributed by atoms with Crippen molar-refractivity contribution in [3.05, 3.63) is 174 Å². The normalized spacial score (nSPS) is 14.1. The van der Waals surface area contributed by atoms with Crippen molar-refractivity contribution in [2.45, 2.75) is 15.2 Å². The largest absolute Gasteiger partial charge is 0.308 e. The van der Waals surface area contributed by atoms with Gasteiger partial charge in [-0.3, -0.25) is 0 Å². The van der Waals surface area contributed by atoms with Gasteiger partial charge in [0.1, 0.15) is 5.82 Å². The van der Waals surface area contributed by atoms with Gasteiger partial charge in [-0.15, -0.1) is 0 Å². The maximum atomic E-state index is 14.3. The molecule has 10 rings (SSSR count). The molecule has 44 heavy (non-hydrogen) atoms. The van der Waals surface area contributed by atoms with Gasteiger partial charge in [0.05, 0.1) is 16.4 Å². The number of aromatic nitrogens is 1. The Labute approximate surface area is 258 Å². The molecule has 7 aromatic carbocycles. The van der Waals surface area contributed by atoms with Crippen molar-refractivity contribution in [3.63, 3.8) is 0 Å². The van der Waals surface area contributed by atoms with E-state index in [9.17, 15) is 4.39 Å². The molecule has 1 aromatic heterocycles. The van der Waals surface area contributed by atoms with E-state index in [4.69, 9.17) is 0 Å². The summed E-state index contributed by atoms with van der Waals surface area (Å²) in [5, 5.41) is 4.87. The monoisotopic (exact) mass is 581 g/mol. The lowest BCUT2D eigenvalue weighted by Gasteiger charge is -2.40. The smallest absolute Gasteiger partial charge is 0.123 e. The first-order chi connectivity index (χ1) is 21.7. The molecule has 0 amide bonds. The topological polar surface area (TPSA) is 4.93 Å². The highest BCUT2D eigenvalue weighted by atomic mass is 32.2. The van der Waals surface area contributed by atoms with E-state index < -0.39 is 5.41 Å². The molecular weight excluding hydrogens is 558 g/mol. The van der Waals surface area contributed by atoms with Crippen molar-refractivity contribution in [2.24, 2.45) is 0 Å². The number of halogens is 1. The lowest BCUT2D eigenvalue weighted by atomic mass is 9.67. The summed E-state index contributed by atoms with van der Waals surface area (Å²) in [5.74, 6) is -0.233. The van der Waals surface area contributed by atoms with Crippen molar-refractivity contribution in [1.29, 1.82) is 0 Å². The summed E-state index contributed by atoms with van der Waals surface area (Å²) < 4.78 is 16.6. The third kappa shape index (κ3) is 2.95. The van der Waals surface area contributed by atoms with E-state index in [1.807, 2.05) is 23.9 Å². The third-order valence-corrected chi connectivity index (χ3v) is 10.9. The predicted molar refractivity (Wildman–Crippen MR) is 180 cm³/mol. The van der Waals surface area contributed by atoms with Gasteiger partial charge in [-0.1, -0.05) is 121 Å². The average molecular weight is 582 g/mol. The number of benzene rings is 7. The number of nitrogens with zero attached hydrogens (tertiary/aromatic N) is 1. The number of hydrogen-bond acceptors (Lipinski definition) is 1. The number of hydrogen-bond donors (Lipinski definition) is 0. The van der Waals surface area contributed by atoms with Gasteiger partial charge < -0.3 is 4.57 Å². The van der Waals surface area contributed by atoms with Gasteiger partial charge in [0.2, 0.25) is 0 Å². The fourth-order valence-electron chi connectivity index (χ4n) is 8.04. The van der Waals surface area contributed by atoms with Gasteiger partial charge in [0.15, 0.2) is 0 Å². The summed E-state index contributed by atoms with van der Waals surface area (Å²) >= 11 is 1.86. The molecule has 1 spiro atoms. The lowest BCUT2D eigenvalue weighted by molar-refractivity contribution is 0.627. The Morgan fingerprint density at radius 3 is 1.95 bits per heavy atom. The van der Waals surface area contributed by atoms with Crippen LogP contribution in [0.4, 0.5) is 4.39 Å². The van der Waals surface area contributed by atoms with Crippen LogP contribution in [0.1, 0.15) is 22.3 Å². The molecule has 0 atom stereocenters. The highest BCUT2D eigenvalue weighted by molar-refractivity contribution is 7.99. The summed E-state index contributed by atoms with van der Waals surface area (Å²) in [6.07, 6.45) is 0. The Balaban J connectivity index is 1.44. The van der Waals surface area contributed by atoms with Crippen LogP contribution < -0.4 is 0 Å². The molecule has 8 aromatic rings. The van der Waals surface area contributed by atoms with E-state index in [1.54, 1.807) is 12.1 Å². The molecule has 0 fully saturated rings. The Morgan fingerprint density at radius 2 is 1.18 bits per heavy atom. The van der Waals surface area contributed by atoms with E-state index in [0.717, 1.165) is 11.2 Å². The van der Waals surface area contributed by atoms with E-state index in [1.165, 1.54) is 70.2 Å². The standard InChI is InChI=1S/C41H24FNS/c42-26-18-20-27(21-19-26)43-36-24-17-25-9-1-2-10-28(25)38(36)31-22-23-35-40(39(31)43)44-37-16-8-7-15-34(37)41(35)32-13-5-3-11-29(32)30-12-4-6-14-33(30)41/h1-24H. The first-order valence-electron chi connectivity index (χ1n) is 15.0. The van der Waals surface area contributed by atoms with Crippen molar-refractivity contribution >= 4 is 44.3 Å². The molecule has 0 unspecified atom stereocenters. The molecule has 1 aliphatic heterocycles. The van der Waals surface area contributed by atoms with Crippen LogP contribution in [0, 0.1) is 5.82 Å². The van der Waals surface area contributed by atoms with Gasteiger partial charge in [-0.25, -0.2) is 4.39 Å². The van der Waals surface area contributed by atoms with Crippen LogP contribution in [0.2, 0.25) is 0 Å². The van der Waals surface area contributed by atoms with Gasteiger partial charge in [0, 0.05) is 26.3 Å². The summed E-state index contributed by atoms with van der Waals surface area (Å²) in [6.45, 7) is 0. The Bertz CT molecular complexity index is 2440. The van der Waals surface area contributed by atoms with Crippen LogP contribution in [-0.2, 0) is 5.41 Å². The molecule has 1 aliphatic carbocycles. The van der Waals surface area contributed by atoms with Crippen molar-refractivity contribution in [2.75, 3.05) is 0 Å². The second-order valence-electron chi connectivity index (χ2n) is 11.8. The van der Waals surface area contributed by atoms with Gasteiger partial charge in [-0.2, -0.15) is 0 Å². The van der Waals surface area contributed by atoms with E-state index in [0.29, 0.717) is 0 Å². The van der Waals surface area contributed by atoms with Crippen LogP contribution in [0.3, 0.4) is 0 Å². The summed E-state index contributed by atoms with van der Waals surface area (Å²) in [4.78, 5) is 2.51. The summed E-state index contributed by atoms with van der Waals surface area (Å²) in [5.41, 5.74) is 10.6. The Hall–Kier alpha value is -5.12. The van der Waals surface area contributed by atoms with Gasteiger partial charge in [-0.05, 0) is 80.6 Å². The molecule has 0 saturated heterocycles. The second-order valence-corrected chi connectivity index (χ2v) is 12.8. The second kappa shape index (κ2) is 8.72. The quantitative estimate of drug-likeness (QED) is 0.187. The molecular formula is C41H24FNS. The van der Waals surface area contributed by atoms with Crippen molar-refractivity contribution < 1.29 is 4.39 Å². The zero-order valence-electron chi connectivity index (χ0n) is 23.6. The predicted octanol–water partition coefficient (Wildman–Crippen LogP) is 10.9. The number of rotatable bonds is 1. The molecule has 3 heteroatoms. The minimum Gasteiger partial charge on any atom is -0.308 e. The molecule has 206 valence electrons. The Kier molecular flexibility index (Phi) is 4.82. The molecule has 0 radical (unpaired) electrons. The maximum Gasteiger partial charge on any atom is 0.123 e. The van der Waals surface area contributed by atoms with Crippen LogP contribution in [0.5, 0.6) is 0 Å². The van der Waals surface area contributed by atoms with Crippen LogP contribution in [0.25, 0.3) is 49.4 Å². The third-order valence-electron chi connectivity index (χ3n) is 9.72. The van der Waals surface area contributed by atoms with E-state index >= 15 is 0 Å². The zero-order valence-corrected chi connectivity index (χ0v) is 24.4. The van der Waals surface area contributed by atoms with E-state index in [2.05, 4.69) is 126 Å². The van der Waals surface area contributed by atoms with Crippen molar-refractivity contribution in [3.8, 4) is 16.8 Å². The number of fused-ring (bicyclic) bond motifs is 15. The Morgan fingerprint density at radius 1 is 0.523 bits per heavy atom. The molecule has 2 aliphatic rings. The minimum atomic E-state index is -0.454. The first-order valence-corrected chi connectivity index (χ1v) is 15.8.